The standard InChI is InChI=1S/C15H23IN2O/c1-3-18-8-9-19-15(11-18)14(17-2)10-12-4-6-13(16)7-5-12/h4-7,14-15,17H,3,8-11H2,1-2H3. The minimum atomic E-state index is 0.290. The Morgan fingerprint density at radius 1 is 1.42 bits per heavy atom. The highest BCUT2D eigenvalue weighted by atomic mass is 127. The van der Waals surface area contributed by atoms with Crippen molar-refractivity contribution in [3.63, 3.8) is 0 Å². The van der Waals surface area contributed by atoms with Crippen molar-refractivity contribution in [1.29, 1.82) is 0 Å². The summed E-state index contributed by atoms with van der Waals surface area (Å²) >= 11 is 2.34. The normalized spacial score (nSPS) is 22.4. The molecule has 2 atom stereocenters. The Morgan fingerprint density at radius 2 is 2.16 bits per heavy atom. The minimum Gasteiger partial charge on any atom is -0.374 e. The second kappa shape index (κ2) is 7.57. The molecular formula is C15H23IN2O. The van der Waals surface area contributed by atoms with E-state index in [1.54, 1.807) is 0 Å². The number of nitrogens with zero attached hydrogens (tertiary/aromatic N) is 1. The highest BCUT2D eigenvalue weighted by Gasteiger charge is 2.26. The number of halogens is 1. The molecule has 1 fully saturated rings. The maximum Gasteiger partial charge on any atom is 0.0858 e. The molecule has 1 aliphatic heterocycles. The lowest BCUT2D eigenvalue weighted by Crippen LogP contribution is -2.52. The van der Waals surface area contributed by atoms with Crippen LogP contribution in [0, 0.1) is 3.57 Å². The van der Waals surface area contributed by atoms with E-state index >= 15 is 0 Å². The number of rotatable bonds is 5. The van der Waals surface area contributed by atoms with Gasteiger partial charge in [-0.2, -0.15) is 0 Å². The van der Waals surface area contributed by atoms with Crippen LogP contribution in [0.4, 0.5) is 0 Å². The molecule has 2 rings (SSSR count). The molecule has 0 spiro atoms. The number of hydrogen-bond donors (Lipinski definition) is 1. The molecule has 0 radical (unpaired) electrons. The molecule has 1 aromatic rings. The maximum atomic E-state index is 5.95. The van der Waals surface area contributed by atoms with Crippen molar-refractivity contribution >= 4 is 22.6 Å². The van der Waals surface area contributed by atoms with Crippen LogP contribution in [-0.4, -0.2) is 50.3 Å². The Morgan fingerprint density at radius 3 is 2.79 bits per heavy atom. The monoisotopic (exact) mass is 374 g/mol. The molecule has 1 saturated heterocycles. The van der Waals surface area contributed by atoms with E-state index in [-0.39, 0.29) is 6.10 Å². The number of benzene rings is 1. The first kappa shape index (κ1) is 15.2. The Hall–Kier alpha value is -0.170. The van der Waals surface area contributed by atoms with Crippen molar-refractivity contribution in [2.45, 2.75) is 25.5 Å². The highest BCUT2D eigenvalue weighted by Crippen LogP contribution is 2.14. The van der Waals surface area contributed by atoms with Crippen LogP contribution in [0.2, 0.25) is 0 Å². The average molecular weight is 374 g/mol. The fourth-order valence-corrected chi connectivity index (χ4v) is 2.92. The summed E-state index contributed by atoms with van der Waals surface area (Å²) in [5.41, 5.74) is 1.37. The Balaban J connectivity index is 1.97. The SMILES string of the molecule is CCN1CCOC(C(Cc2ccc(I)cc2)NC)C1. The van der Waals surface area contributed by atoms with Crippen LogP contribution in [0.5, 0.6) is 0 Å². The molecule has 0 amide bonds. The fourth-order valence-electron chi connectivity index (χ4n) is 2.56. The van der Waals surface area contributed by atoms with Crippen LogP contribution < -0.4 is 5.32 Å². The summed E-state index contributed by atoms with van der Waals surface area (Å²) in [7, 11) is 2.03. The second-order valence-corrected chi connectivity index (χ2v) is 6.27. The molecule has 106 valence electrons. The van der Waals surface area contributed by atoms with Gasteiger partial charge < -0.3 is 10.1 Å². The largest absolute Gasteiger partial charge is 0.374 e. The van der Waals surface area contributed by atoms with Crippen molar-refractivity contribution in [2.24, 2.45) is 0 Å². The van der Waals surface area contributed by atoms with E-state index in [0.717, 1.165) is 32.7 Å². The van der Waals surface area contributed by atoms with Gasteiger partial charge in [0.05, 0.1) is 12.7 Å². The Bertz CT molecular complexity index is 382. The lowest BCUT2D eigenvalue weighted by molar-refractivity contribution is -0.0436. The van der Waals surface area contributed by atoms with E-state index in [1.165, 1.54) is 9.13 Å². The molecule has 1 N–H and O–H groups in total. The topological polar surface area (TPSA) is 24.5 Å². The number of nitrogens with one attached hydrogen (secondary N) is 1. The van der Waals surface area contributed by atoms with E-state index in [4.69, 9.17) is 4.74 Å². The number of hydrogen-bond acceptors (Lipinski definition) is 3. The first-order valence-electron chi connectivity index (χ1n) is 6.98. The highest BCUT2D eigenvalue weighted by molar-refractivity contribution is 14.1. The first-order chi connectivity index (χ1) is 9.22. The first-order valence-corrected chi connectivity index (χ1v) is 8.06. The molecule has 2 unspecified atom stereocenters. The van der Waals surface area contributed by atoms with Gasteiger partial charge in [0, 0.05) is 22.7 Å². The third-order valence-electron chi connectivity index (χ3n) is 3.81. The van der Waals surface area contributed by atoms with Gasteiger partial charge in [-0.15, -0.1) is 0 Å². The van der Waals surface area contributed by atoms with Crippen LogP contribution in [-0.2, 0) is 11.2 Å². The van der Waals surface area contributed by atoms with Crippen molar-refractivity contribution in [1.82, 2.24) is 10.2 Å². The van der Waals surface area contributed by atoms with Crippen molar-refractivity contribution in [2.75, 3.05) is 33.3 Å². The molecule has 0 saturated carbocycles. The summed E-state index contributed by atoms with van der Waals surface area (Å²) in [6, 6.07) is 9.15. The average Bonchev–Trinajstić information content (AvgIpc) is 2.46. The smallest absolute Gasteiger partial charge is 0.0858 e. The zero-order valence-electron chi connectivity index (χ0n) is 11.7. The van der Waals surface area contributed by atoms with Gasteiger partial charge in [-0.05, 0) is 60.3 Å². The molecule has 1 aromatic carbocycles. The summed E-state index contributed by atoms with van der Waals surface area (Å²) in [6.45, 7) is 6.28. The van der Waals surface area contributed by atoms with Gasteiger partial charge in [0.15, 0.2) is 0 Å². The van der Waals surface area contributed by atoms with E-state index in [0.29, 0.717) is 6.04 Å². The van der Waals surface area contributed by atoms with Gasteiger partial charge in [-0.1, -0.05) is 19.1 Å². The quantitative estimate of drug-likeness (QED) is 0.800. The van der Waals surface area contributed by atoms with Gasteiger partial charge in [-0.25, -0.2) is 0 Å². The van der Waals surface area contributed by atoms with Crippen LogP contribution in [0.1, 0.15) is 12.5 Å². The molecule has 19 heavy (non-hydrogen) atoms. The lowest BCUT2D eigenvalue weighted by Gasteiger charge is -2.36. The number of ether oxygens (including phenoxy) is 1. The summed E-state index contributed by atoms with van der Waals surface area (Å²) in [5, 5.41) is 3.43. The van der Waals surface area contributed by atoms with Gasteiger partial charge >= 0.3 is 0 Å². The summed E-state index contributed by atoms with van der Waals surface area (Å²) in [6.07, 6.45) is 1.31. The van der Waals surface area contributed by atoms with Crippen molar-refractivity contribution in [3.8, 4) is 0 Å². The zero-order valence-corrected chi connectivity index (χ0v) is 13.9. The third-order valence-corrected chi connectivity index (χ3v) is 4.53. The predicted octanol–water partition coefficient (Wildman–Crippen LogP) is 2.14. The predicted molar refractivity (Wildman–Crippen MR) is 87.6 cm³/mol. The van der Waals surface area contributed by atoms with Crippen LogP contribution in [0.25, 0.3) is 0 Å². The number of morpholine rings is 1. The molecule has 4 heteroatoms. The van der Waals surface area contributed by atoms with Crippen molar-refractivity contribution < 1.29 is 4.74 Å². The maximum absolute atomic E-state index is 5.95. The summed E-state index contributed by atoms with van der Waals surface area (Å²) in [4.78, 5) is 2.46. The Kier molecular flexibility index (Phi) is 6.06. The molecule has 0 aliphatic carbocycles. The molecule has 0 bridgehead atoms. The molecule has 1 heterocycles. The summed E-state index contributed by atoms with van der Waals surface area (Å²) in [5.74, 6) is 0. The lowest BCUT2D eigenvalue weighted by atomic mass is 10.00. The second-order valence-electron chi connectivity index (χ2n) is 5.03. The number of likely N-dealkylation sites (N-methyl/N-ethyl adjacent to an activating group) is 2. The van der Waals surface area contributed by atoms with Gasteiger partial charge in [0.25, 0.3) is 0 Å². The van der Waals surface area contributed by atoms with Crippen molar-refractivity contribution in [3.05, 3.63) is 33.4 Å². The molecule has 0 aromatic heterocycles. The van der Waals surface area contributed by atoms with E-state index in [2.05, 4.69) is 64.0 Å². The van der Waals surface area contributed by atoms with Gasteiger partial charge in [0.1, 0.15) is 0 Å². The summed E-state index contributed by atoms with van der Waals surface area (Å²) < 4.78 is 7.24. The zero-order chi connectivity index (χ0) is 13.7. The third kappa shape index (κ3) is 4.41. The van der Waals surface area contributed by atoms with Crippen LogP contribution in [0.3, 0.4) is 0 Å². The van der Waals surface area contributed by atoms with Gasteiger partial charge in [-0.3, -0.25) is 4.90 Å². The Labute approximate surface area is 129 Å². The molecular weight excluding hydrogens is 351 g/mol. The van der Waals surface area contributed by atoms with E-state index in [1.807, 2.05) is 7.05 Å². The minimum absolute atomic E-state index is 0.290. The van der Waals surface area contributed by atoms with Crippen LogP contribution >= 0.6 is 22.6 Å². The van der Waals surface area contributed by atoms with E-state index < -0.39 is 0 Å². The molecule has 1 aliphatic rings. The molecule has 3 nitrogen and oxygen atoms in total. The van der Waals surface area contributed by atoms with E-state index in [9.17, 15) is 0 Å². The van der Waals surface area contributed by atoms with Crippen LogP contribution in [0.15, 0.2) is 24.3 Å². The van der Waals surface area contributed by atoms with Gasteiger partial charge in [0.2, 0.25) is 0 Å². The fraction of sp³-hybridized carbons (Fsp3) is 0.600.